The molecule has 0 aromatic heterocycles. The van der Waals surface area contributed by atoms with E-state index in [4.69, 9.17) is 14.2 Å². The maximum absolute atomic E-state index is 12.8. The SMILES string of the molecule is COC1=CC2=C3/C4=C\[N+](=O)/C(OC)=C\C2(C=C1OC)CC3CC(CC1CC1)C4. The van der Waals surface area contributed by atoms with E-state index in [2.05, 4.69) is 12.2 Å². The van der Waals surface area contributed by atoms with Crippen LogP contribution in [-0.2, 0) is 14.2 Å². The van der Waals surface area contributed by atoms with Crippen molar-refractivity contribution in [1.29, 1.82) is 0 Å². The Morgan fingerprint density at radius 2 is 1.86 bits per heavy atom. The Balaban J connectivity index is 1.67. The summed E-state index contributed by atoms with van der Waals surface area (Å²) < 4.78 is 17.6. The number of nitroso groups, excluding NO2 is 1. The lowest BCUT2D eigenvalue weighted by Crippen LogP contribution is -2.23. The van der Waals surface area contributed by atoms with Crippen molar-refractivity contribution >= 4 is 0 Å². The average molecular weight is 382 g/mol. The van der Waals surface area contributed by atoms with Gasteiger partial charge in [0.2, 0.25) is 6.20 Å². The van der Waals surface area contributed by atoms with E-state index >= 15 is 0 Å². The van der Waals surface area contributed by atoms with E-state index in [1.807, 2.05) is 6.08 Å². The van der Waals surface area contributed by atoms with Crippen molar-refractivity contribution in [2.24, 2.45) is 23.2 Å². The van der Waals surface area contributed by atoms with E-state index in [0.29, 0.717) is 17.7 Å². The summed E-state index contributed by atoms with van der Waals surface area (Å²) in [5, 5.41) is 0. The number of rotatable bonds is 5. The standard InChI is InChI=1S/C23H28NO4/c1-26-19-9-18-22-16-7-15(6-14-4-5-14)8-17(22)13-24(25)21(28-3)12-23(18,10-16)11-20(19)27-2/h9,11-16H,4-8,10H2,1-3H3/q+1/b17-13-,21-12+. The number of nitrogens with zero attached hydrogens (tertiary/aromatic N) is 1. The third-order valence-corrected chi connectivity index (χ3v) is 7.05. The highest BCUT2D eigenvalue weighted by Crippen LogP contribution is 2.60. The van der Waals surface area contributed by atoms with E-state index < -0.39 is 0 Å². The largest absolute Gasteiger partial charge is 0.493 e. The van der Waals surface area contributed by atoms with E-state index in [9.17, 15) is 4.91 Å². The van der Waals surface area contributed by atoms with E-state index in [-0.39, 0.29) is 5.41 Å². The number of hydrogen-bond donors (Lipinski definition) is 0. The van der Waals surface area contributed by atoms with Crippen LogP contribution < -0.4 is 0 Å². The zero-order valence-corrected chi connectivity index (χ0v) is 16.9. The van der Waals surface area contributed by atoms with Crippen LogP contribution in [0.5, 0.6) is 0 Å². The van der Waals surface area contributed by atoms with Crippen LogP contribution in [0.25, 0.3) is 0 Å². The Hall–Kier alpha value is -2.30. The van der Waals surface area contributed by atoms with Crippen molar-refractivity contribution in [1.82, 2.24) is 0 Å². The predicted molar refractivity (Wildman–Crippen MR) is 105 cm³/mol. The zero-order chi connectivity index (χ0) is 19.5. The fourth-order valence-electron chi connectivity index (χ4n) is 5.75. The van der Waals surface area contributed by atoms with Crippen molar-refractivity contribution in [2.75, 3.05) is 21.3 Å². The van der Waals surface area contributed by atoms with Gasteiger partial charge >= 0.3 is 5.88 Å². The van der Waals surface area contributed by atoms with E-state index in [1.165, 1.54) is 42.4 Å². The molecule has 0 aromatic rings. The molecule has 5 nitrogen and oxygen atoms in total. The summed E-state index contributed by atoms with van der Waals surface area (Å²) in [5.74, 6) is 3.83. The van der Waals surface area contributed by atoms with Gasteiger partial charge in [-0.25, -0.2) is 0 Å². The first-order valence-corrected chi connectivity index (χ1v) is 10.3. The maximum atomic E-state index is 12.8. The monoisotopic (exact) mass is 382 g/mol. The number of hydrogen-bond acceptors (Lipinski definition) is 4. The molecule has 0 radical (unpaired) electrons. The Morgan fingerprint density at radius 1 is 1.07 bits per heavy atom. The minimum Gasteiger partial charge on any atom is -0.493 e. The highest BCUT2D eigenvalue weighted by Gasteiger charge is 2.52. The van der Waals surface area contributed by atoms with Crippen molar-refractivity contribution in [3.8, 4) is 0 Å². The van der Waals surface area contributed by atoms with Crippen LogP contribution in [0.3, 0.4) is 0 Å². The smallest absolute Gasteiger partial charge is 0.419 e. The zero-order valence-electron chi connectivity index (χ0n) is 16.9. The molecular weight excluding hydrogens is 354 g/mol. The van der Waals surface area contributed by atoms with E-state index in [0.717, 1.165) is 35.0 Å². The van der Waals surface area contributed by atoms with Gasteiger partial charge in [-0.1, -0.05) is 12.8 Å². The van der Waals surface area contributed by atoms with Crippen LogP contribution in [0, 0.1) is 28.1 Å². The lowest BCUT2D eigenvalue weighted by Gasteiger charge is -2.30. The number of methoxy groups -OCH3 is 3. The van der Waals surface area contributed by atoms with Gasteiger partial charge in [-0.3, -0.25) is 0 Å². The summed E-state index contributed by atoms with van der Waals surface area (Å²) in [7, 11) is 4.90. The molecule has 0 aromatic carbocycles. The highest BCUT2D eigenvalue weighted by molar-refractivity contribution is 5.59. The first-order valence-electron chi connectivity index (χ1n) is 10.3. The summed E-state index contributed by atoms with van der Waals surface area (Å²) in [5.41, 5.74) is 3.39. The Kier molecular flexibility index (Phi) is 4.04. The quantitative estimate of drug-likeness (QED) is 0.645. The second-order valence-electron chi connectivity index (χ2n) is 8.85. The minimum atomic E-state index is -0.380. The number of allylic oxidation sites excluding steroid dienone is 6. The molecule has 28 heavy (non-hydrogen) atoms. The van der Waals surface area contributed by atoms with Gasteiger partial charge in [0.05, 0.1) is 21.3 Å². The second-order valence-corrected chi connectivity index (χ2v) is 8.85. The molecule has 5 heteroatoms. The van der Waals surface area contributed by atoms with Gasteiger partial charge < -0.3 is 14.2 Å². The molecule has 2 saturated carbocycles. The van der Waals surface area contributed by atoms with Crippen molar-refractivity contribution in [3.05, 3.63) is 63.5 Å². The van der Waals surface area contributed by atoms with Crippen LogP contribution >= 0.6 is 0 Å². The molecule has 0 spiro atoms. The summed E-state index contributed by atoms with van der Waals surface area (Å²) in [6.07, 6.45) is 15.2. The lowest BCUT2D eigenvalue weighted by atomic mass is 9.73. The van der Waals surface area contributed by atoms with Crippen molar-refractivity contribution < 1.29 is 19.0 Å². The Morgan fingerprint density at radius 3 is 2.54 bits per heavy atom. The minimum absolute atomic E-state index is 0.344. The molecule has 0 amide bonds. The van der Waals surface area contributed by atoms with Crippen LogP contribution in [-0.4, -0.2) is 26.1 Å². The highest BCUT2D eigenvalue weighted by atomic mass is 16.5. The third-order valence-electron chi connectivity index (χ3n) is 7.05. The van der Waals surface area contributed by atoms with Gasteiger partial charge in [0.25, 0.3) is 0 Å². The van der Waals surface area contributed by atoms with Gasteiger partial charge in [0.15, 0.2) is 11.5 Å². The Bertz CT molecular complexity index is 886. The second kappa shape index (κ2) is 6.36. The van der Waals surface area contributed by atoms with Crippen LogP contribution in [0.2, 0.25) is 0 Å². The molecule has 3 atom stereocenters. The van der Waals surface area contributed by atoms with Gasteiger partial charge in [-0.05, 0) is 66.7 Å². The molecule has 4 aliphatic carbocycles. The summed E-state index contributed by atoms with van der Waals surface area (Å²) in [4.78, 5) is 12.8. The molecular formula is C23H28NO4+. The van der Waals surface area contributed by atoms with Gasteiger partial charge in [-0.2, -0.15) is 0 Å². The fraction of sp³-hybridized carbons (Fsp3) is 0.565. The lowest BCUT2D eigenvalue weighted by molar-refractivity contribution is -0.462. The molecule has 3 unspecified atom stereocenters. The van der Waals surface area contributed by atoms with Crippen molar-refractivity contribution in [3.63, 3.8) is 0 Å². The molecule has 5 rings (SSSR count). The number of ether oxygens (including phenoxy) is 3. The fourth-order valence-corrected chi connectivity index (χ4v) is 5.75. The topological polar surface area (TPSA) is 47.8 Å². The average Bonchev–Trinajstić information content (AvgIpc) is 3.43. The summed E-state index contributed by atoms with van der Waals surface area (Å²) in [6.45, 7) is 0. The van der Waals surface area contributed by atoms with Gasteiger partial charge in [0, 0.05) is 22.0 Å². The normalized spacial score (nSPS) is 37.5. The molecule has 1 aliphatic heterocycles. The molecule has 148 valence electrons. The molecule has 1 heterocycles. The molecule has 2 fully saturated rings. The maximum Gasteiger partial charge on any atom is 0.419 e. The first kappa shape index (κ1) is 17.8. The van der Waals surface area contributed by atoms with Crippen molar-refractivity contribution in [2.45, 2.75) is 38.5 Å². The first-order chi connectivity index (χ1) is 13.6. The van der Waals surface area contributed by atoms with Gasteiger partial charge in [0.1, 0.15) is 4.76 Å². The Labute approximate surface area is 166 Å². The molecule has 2 bridgehead atoms. The van der Waals surface area contributed by atoms with E-state index in [1.54, 1.807) is 27.5 Å². The molecule has 0 saturated heterocycles. The predicted octanol–water partition coefficient (Wildman–Crippen LogP) is 4.74. The third kappa shape index (κ3) is 2.66. The van der Waals surface area contributed by atoms with Crippen LogP contribution in [0.1, 0.15) is 38.5 Å². The summed E-state index contributed by atoms with van der Waals surface area (Å²) >= 11 is 0. The van der Waals surface area contributed by atoms with Crippen LogP contribution in [0.4, 0.5) is 0 Å². The van der Waals surface area contributed by atoms with Crippen LogP contribution in [0.15, 0.2) is 58.5 Å². The molecule has 0 N–H and O–H groups in total. The molecule has 5 aliphatic rings. The van der Waals surface area contributed by atoms with Gasteiger partial charge in [-0.15, -0.1) is 0 Å². The summed E-state index contributed by atoms with van der Waals surface area (Å²) in [6, 6.07) is 0.